The minimum Gasteiger partial charge on any atom is -0.369 e. The summed E-state index contributed by atoms with van der Waals surface area (Å²) in [5.41, 5.74) is 1.31. The number of anilines is 2. The molecule has 0 saturated carbocycles. The average Bonchev–Trinajstić information content (AvgIpc) is 3.11. The molecule has 3 heterocycles. The van der Waals surface area contributed by atoms with Crippen LogP contribution in [0.3, 0.4) is 0 Å². The predicted octanol–water partition coefficient (Wildman–Crippen LogP) is 3.80. The number of aromatic nitrogens is 2. The SMILES string of the molecule is CN(c1ncnc2sccc12)C1CCCN(c2ccccc2)C1. The van der Waals surface area contributed by atoms with Gasteiger partial charge in [-0.25, -0.2) is 9.97 Å². The maximum Gasteiger partial charge on any atom is 0.140 e. The predicted molar refractivity (Wildman–Crippen MR) is 97.5 cm³/mol. The molecule has 1 aromatic carbocycles. The second-order valence-electron chi connectivity index (χ2n) is 6.03. The van der Waals surface area contributed by atoms with Crippen molar-refractivity contribution in [2.75, 3.05) is 29.9 Å². The highest BCUT2D eigenvalue weighted by Crippen LogP contribution is 2.30. The van der Waals surface area contributed by atoms with Crippen LogP contribution in [0.2, 0.25) is 0 Å². The average molecular weight is 324 g/mol. The molecule has 0 radical (unpaired) electrons. The molecule has 0 spiro atoms. The minimum atomic E-state index is 0.474. The van der Waals surface area contributed by atoms with Crippen LogP contribution < -0.4 is 9.80 Å². The van der Waals surface area contributed by atoms with Gasteiger partial charge in [0.1, 0.15) is 17.0 Å². The van der Waals surface area contributed by atoms with Gasteiger partial charge in [0.15, 0.2) is 0 Å². The normalized spacial score (nSPS) is 18.3. The standard InChI is InChI=1S/C18H20N4S/c1-21(17-16-9-11-23-18(16)20-13-19-17)15-8-5-10-22(12-15)14-6-3-2-4-7-14/h2-4,6-7,9,11,13,15H,5,8,10,12H2,1H3. The molecule has 3 aromatic rings. The summed E-state index contributed by atoms with van der Waals surface area (Å²) < 4.78 is 0. The molecule has 5 heteroatoms. The third kappa shape index (κ3) is 2.77. The smallest absolute Gasteiger partial charge is 0.140 e. The first-order valence-electron chi connectivity index (χ1n) is 8.04. The molecule has 1 atom stereocenters. The van der Waals surface area contributed by atoms with Gasteiger partial charge in [-0.3, -0.25) is 0 Å². The number of benzene rings is 1. The van der Waals surface area contributed by atoms with Crippen molar-refractivity contribution in [1.82, 2.24) is 9.97 Å². The van der Waals surface area contributed by atoms with Crippen molar-refractivity contribution in [2.24, 2.45) is 0 Å². The van der Waals surface area contributed by atoms with Crippen molar-refractivity contribution in [3.05, 3.63) is 48.1 Å². The van der Waals surface area contributed by atoms with Crippen LogP contribution in [0.15, 0.2) is 48.1 Å². The topological polar surface area (TPSA) is 32.3 Å². The van der Waals surface area contributed by atoms with E-state index < -0.39 is 0 Å². The van der Waals surface area contributed by atoms with Crippen molar-refractivity contribution < 1.29 is 0 Å². The highest BCUT2D eigenvalue weighted by molar-refractivity contribution is 7.16. The van der Waals surface area contributed by atoms with Gasteiger partial charge in [-0.05, 0) is 36.4 Å². The van der Waals surface area contributed by atoms with Gasteiger partial charge in [0.25, 0.3) is 0 Å². The Morgan fingerprint density at radius 1 is 1.17 bits per heavy atom. The highest BCUT2D eigenvalue weighted by Gasteiger charge is 2.25. The van der Waals surface area contributed by atoms with Crippen LogP contribution in [0.1, 0.15) is 12.8 Å². The molecule has 0 N–H and O–H groups in total. The number of hydrogen-bond acceptors (Lipinski definition) is 5. The van der Waals surface area contributed by atoms with Gasteiger partial charge in [-0.2, -0.15) is 0 Å². The first-order chi connectivity index (χ1) is 11.3. The van der Waals surface area contributed by atoms with E-state index in [-0.39, 0.29) is 0 Å². The number of likely N-dealkylation sites (N-methyl/N-ethyl adjacent to an activating group) is 1. The summed E-state index contributed by atoms with van der Waals surface area (Å²) in [6.07, 6.45) is 4.10. The second-order valence-corrected chi connectivity index (χ2v) is 6.92. The zero-order valence-electron chi connectivity index (χ0n) is 13.2. The van der Waals surface area contributed by atoms with Crippen molar-refractivity contribution in [2.45, 2.75) is 18.9 Å². The van der Waals surface area contributed by atoms with Crippen LogP contribution in [0.25, 0.3) is 10.2 Å². The number of fused-ring (bicyclic) bond motifs is 1. The van der Waals surface area contributed by atoms with Crippen molar-refractivity contribution >= 4 is 33.1 Å². The molecule has 0 bridgehead atoms. The Kier molecular flexibility index (Phi) is 3.87. The molecule has 1 aliphatic rings. The lowest BCUT2D eigenvalue weighted by Crippen LogP contribution is -2.47. The van der Waals surface area contributed by atoms with E-state index in [1.54, 1.807) is 17.7 Å². The summed E-state index contributed by atoms with van der Waals surface area (Å²) in [5.74, 6) is 1.05. The molecule has 0 aliphatic carbocycles. The zero-order valence-corrected chi connectivity index (χ0v) is 14.0. The lowest BCUT2D eigenvalue weighted by molar-refractivity contribution is 0.486. The van der Waals surface area contributed by atoms with Crippen molar-refractivity contribution in [3.63, 3.8) is 0 Å². The summed E-state index contributed by atoms with van der Waals surface area (Å²) in [5, 5.41) is 3.25. The summed E-state index contributed by atoms with van der Waals surface area (Å²) in [7, 11) is 2.17. The van der Waals surface area contributed by atoms with Crippen LogP contribution in [0.5, 0.6) is 0 Å². The summed E-state index contributed by atoms with van der Waals surface area (Å²) in [6, 6.07) is 13.3. The fraction of sp³-hybridized carbons (Fsp3) is 0.333. The van der Waals surface area contributed by atoms with Crippen LogP contribution in [-0.2, 0) is 0 Å². The molecule has 4 nitrogen and oxygen atoms in total. The van der Waals surface area contributed by atoms with E-state index in [9.17, 15) is 0 Å². The third-order valence-corrected chi connectivity index (χ3v) is 5.46. The van der Waals surface area contributed by atoms with E-state index >= 15 is 0 Å². The molecule has 1 unspecified atom stereocenters. The molecular weight excluding hydrogens is 304 g/mol. The molecule has 2 aromatic heterocycles. The van der Waals surface area contributed by atoms with E-state index in [4.69, 9.17) is 0 Å². The van der Waals surface area contributed by atoms with Crippen LogP contribution in [0, 0.1) is 0 Å². The Bertz CT molecular complexity index is 786. The van der Waals surface area contributed by atoms with Crippen molar-refractivity contribution in [3.8, 4) is 0 Å². The monoisotopic (exact) mass is 324 g/mol. The Morgan fingerprint density at radius 3 is 2.91 bits per heavy atom. The van der Waals surface area contributed by atoms with E-state index in [1.165, 1.54) is 18.5 Å². The maximum atomic E-state index is 4.55. The Morgan fingerprint density at radius 2 is 2.04 bits per heavy atom. The van der Waals surface area contributed by atoms with E-state index in [0.717, 1.165) is 29.1 Å². The van der Waals surface area contributed by atoms with Gasteiger partial charge in [-0.15, -0.1) is 11.3 Å². The van der Waals surface area contributed by atoms with Gasteiger partial charge >= 0.3 is 0 Å². The number of para-hydroxylation sites is 1. The molecule has 4 rings (SSSR count). The van der Waals surface area contributed by atoms with Gasteiger partial charge in [0, 0.05) is 31.9 Å². The molecule has 1 aliphatic heterocycles. The first kappa shape index (κ1) is 14.5. The minimum absolute atomic E-state index is 0.474. The highest BCUT2D eigenvalue weighted by atomic mass is 32.1. The molecule has 23 heavy (non-hydrogen) atoms. The lowest BCUT2D eigenvalue weighted by Gasteiger charge is -2.39. The molecular formula is C18H20N4S. The summed E-state index contributed by atoms with van der Waals surface area (Å²) in [4.78, 5) is 14.8. The van der Waals surface area contributed by atoms with Crippen LogP contribution in [-0.4, -0.2) is 36.1 Å². The van der Waals surface area contributed by atoms with E-state index in [1.807, 2.05) is 0 Å². The van der Waals surface area contributed by atoms with E-state index in [0.29, 0.717) is 6.04 Å². The Hall–Kier alpha value is -2.14. The number of rotatable bonds is 3. The number of nitrogens with zero attached hydrogens (tertiary/aromatic N) is 4. The zero-order chi connectivity index (χ0) is 15.6. The van der Waals surface area contributed by atoms with Gasteiger partial charge in [-0.1, -0.05) is 18.2 Å². The van der Waals surface area contributed by atoms with Crippen LogP contribution >= 0.6 is 11.3 Å². The third-order valence-electron chi connectivity index (χ3n) is 4.64. The quantitative estimate of drug-likeness (QED) is 0.733. The summed E-state index contributed by atoms with van der Waals surface area (Å²) in [6.45, 7) is 2.17. The fourth-order valence-electron chi connectivity index (χ4n) is 3.38. The van der Waals surface area contributed by atoms with Crippen LogP contribution in [0.4, 0.5) is 11.5 Å². The Balaban J connectivity index is 1.59. The summed E-state index contributed by atoms with van der Waals surface area (Å²) >= 11 is 1.67. The lowest BCUT2D eigenvalue weighted by atomic mass is 10.0. The molecule has 1 fully saturated rings. The van der Waals surface area contributed by atoms with Gasteiger partial charge in [0.2, 0.25) is 0 Å². The van der Waals surface area contributed by atoms with Gasteiger partial charge < -0.3 is 9.80 Å². The number of hydrogen-bond donors (Lipinski definition) is 0. The maximum absolute atomic E-state index is 4.55. The molecule has 0 amide bonds. The molecule has 118 valence electrons. The fourth-order valence-corrected chi connectivity index (χ4v) is 4.10. The van der Waals surface area contributed by atoms with Crippen molar-refractivity contribution in [1.29, 1.82) is 0 Å². The number of thiophene rings is 1. The van der Waals surface area contributed by atoms with Gasteiger partial charge in [0.05, 0.1) is 5.39 Å². The second kappa shape index (κ2) is 6.16. The largest absolute Gasteiger partial charge is 0.369 e. The molecule has 1 saturated heterocycles. The van der Waals surface area contributed by atoms with E-state index in [2.05, 4.69) is 68.6 Å². The Labute approximate surface area is 140 Å². The number of piperidine rings is 1. The first-order valence-corrected chi connectivity index (χ1v) is 8.92.